The third kappa shape index (κ3) is 6.00. The third-order valence-electron chi connectivity index (χ3n) is 3.34. The lowest BCUT2D eigenvalue weighted by atomic mass is 10.2. The number of nitrogens with one attached hydrogen (secondary N) is 1. The van der Waals surface area contributed by atoms with Crippen LogP contribution in [0.4, 0.5) is 15.8 Å². The minimum absolute atomic E-state index is 0.176. The average Bonchev–Trinajstić information content (AvgIpc) is 2.62. The van der Waals surface area contributed by atoms with Crippen molar-refractivity contribution in [2.45, 2.75) is 13.0 Å². The number of nitro groups is 1. The van der Waals surface area contributed by atoms with Crippen molar-refractivity contribution < 1.29 is 23.6 Å². The van der Waals surface area contributed by atoms with Gasteiger partial charge in [-0.3, -0.25) is 14.9 Å². The first-order valence-corrected chi connectivity index (χ1v) is 8.44. The Morgan fingerprint density at radius 1 is 1.30 bits per heavy atom. The molecule has 140 valence electrons. The van der Waals surface area contributed by atoms with Gasteiger partial charge in [-0.15, -0.1) is 0 Å². The topological polar surface area (TPSA) is 98.5 Å². The molecule has 0 bridgehead atoms. The fourth-order valence-electron chi connectivity index (χ4n) is 2.01. The first kappa shape index (κ1) is 20.2. The molecule has 27 heavy (non-hydrogen) atoms. The molecule has 0 saturated carbocycles. The van der Waals surface area contributed by atoms with Gasteiger partial charge in [-0.1, -0.05) is 22.0 Å². The second-order valence-electron chi connectivity index (χ2n) is 5.37. The average molecular weight is 437 g/mol. The summed E-state index contributed by atoms with van der Waals surface area (Å²) in [5.41, 5.74) is 0.190. The van der Waals surface area contributed by atoms with E-state index in [1.165, 1.54) is 55.5 Å². The Labute approximate surface area is 162 Å². The highest BCUT2D eigenvalue weighted by atomic mass is 79.9. The number of esters is 1. The van der Waals surface area contributed by atoms with E-state index in [2.05, 4.69) is 21.2 Å². The SMILES string of the molecule is CC(OC(=O)/C=C/c1cc(Br)ccc1F)C(=O)Nc1cccc([N+](=O)[O-])c1. The van der Waals surface area contributed by atoms with Crippen LogP contribution in [0.5, 0.6) is 0 Å². The summed E-state index contributed by atoms with van der Waals surface area (Å²) in [6.45, 7) is 1.35. The summed E-state index contributed by atoms with van der Waals surface area (Å²) in [5.74, 6) is -2.01. The summed E-state index contributed by atoms with van der Waals surface area (Å²) in [6, 6.07) is 9.59. The number of nitrogens with zero attached hydrogens (tertiary/aromatic N) is 1. The molecule has 2 aromatic carbocycles. The van der Waals surface area contributed by atoms with Crippen molar-refractivity contribution in [1.82, 2.24) is 0 Å². The highest BCUT2D eigenvalue weighted by Crippen LogP contribution is 2.18. The number of carbonyl (C=O) groups is 2. The van der Waals surface area contributed by atoms with Crippen LogP contribution in [0.3, 0.4) is 0 Å². The van der Waals surface area contributed by atoms with Gasteiger partial charge in [0.15, 0.2) is 6.10 Å². The minimum atomic E-state index is -1.16. The van der Waals surface area contributed by atoms with Crippen molar-refractivity contribution in [3.8, 4) is 0 Å². The smallest absolute Gasteiger partial charge is 0.331 e. The van der Waals surface area contributed by atoms with Gasteiger partial charge in [0.2, 0.25) is 0 Å². The predicted octanol–water partition coefficient (Wildman–Crippen LogP) is 4.08. The van der Waals surface area contributed by atoms with Crippen molar-refractivity contribution in [2.24, 2.45) is 0 Å². The Morgan fingerprint density at radius 2 is 2.04 bits per heavy atom. The number of amides is 1. The molecular formula is C18H14BrFN2O5. The Balaban J connectivity index is 1.96. The molecule has 0 fully saturated rings. The second-order valence-corrected chi connectivity index (χ2v) is 6.29. The van der Waals surface area contributed by atoms with E-state index in [4.69, 9.17) is 4.74 Å². The number of anilines is 1. The van der Waals surface area contributed by atoms with Gasteiger partial charge in [-0.05, 0) is 37.3 Å². The maximum absolute atomic E-state index is 13.6. The second kappa shape index (κ2) is 9.04. The normalized spacial score (nSPS) is 11.8. The quantitative estimate of drug-likeness (QED) is 0.318. The van der Waals surface area contributed by atoms with Gasteiger partial charge in [-0.2, -0.15) is 0 Å². The molecule has 1 unspecified atom stereocenters. The Kier molecular flexibility index (Phi) is 6.78. The number of ether oxygens (including phenoxy) is 1. The fraction of sp³-hybridized carbons (Fsp3) is 0.111. The molecule has 1 N–H and O–H groups in total. The van der Waals surface area contributed by atoms with Gasteiger partial charge in [0, 0.05) is 33.9 Å². The van der Waals surface area contributed by atoms with Crippen molar-refractivity contribution in [3.63, 3.8) is 0 Å². The van der Waals surface area contributed by atoms with E-state index >= 15 is 0 Å². The molecule has 0 spiro atoms. The van der Waals surface area contributed by atoms with Crippen molar-refractivity contribution in [2.75, 3.05) is 5.32 Å². The largest absolute Gasteiger partial charge is 0.449 e. The molecule has 7 nitrogen and oxygen atoms in total. The molecule has 2 rings (SSSR count). The van der Waals surface area contributed by atoms with E-state index in [1.54, 1.807) is 0 Å². The summed E-state index contributed by atoms with van der Waals surface area (Å²) < 4.78 is 19.2. The Bertz CT molecular complexity index is 916. The van der Waals surface area contributed by atoms with Crippen LogP contribution in [-0.4, -0.2) is 22.9 Å². The van der Waals surface area contributed by atoms with Gasteiger partial charge < -0.3 is 10.1 Å². The molecule has 0 radical (unpaired) electrons. The molecule has 1 amide bonds. The molecule has 9 heteroatoms. The maximum Gasteiger partial charge on any atom is 0.331 e. The molecular weight excluding hydrogens is 423 g/mol. The maximum atomic E-state index is 13.6. The lowest BCUT2D eigenvalue weighted by molar-refractivity contribution is -0.384. The molecule has 1 atom stereocenters. The van der Waals surface area contributed by atoms with Gasteiger partial charge in [-0.25, -0.2) is 9.18 Å². The number of non-ortho nitro benzene ring substituents is 1. The van der Waals surface area contributed by atoms with Crippen LogP contribution in [0, 0.1) is 15.9 Å². The molecule has 0 aliphatic rings. The predicted molar refractivity (Wildman–Crippen MR) is 100 cm³/mol. The Hall–Kier alpha value is -3.07. The van der Waals surface area contributed by atoms with Crippen LogP contribution >= 0.6 is 15.9 Å². The van der Waals surface area contributed by atoms with Crippen LogP contribution in [0.1, 0.15) is 12.5 Å². The van der Waals surface area contributed by atoms with E-state index in [9.17, 15) is 24.1 Å². The zero-order valence-corrected chi connectivity index (χ0v) is 15.6. The summed E-state index contributed by atoms with van der Waals surface area (Å²) >= 11 is 3.20. The summed E-state index contributed by atoms with van der Waals surface area (Å²) in [5, 5.41) is 13.2. The molecule has 0 aliphatic heterocycles. The van der Waals surface area contributed by atoms with E-state index in [1.807, 2.05) is 0 Å². The van der Waals surface area contributed by atoms with Crippen LogP contribution in [-0.2, 0) is 14.3 Å². The monoisotopic (exact) mass is 436 g/mol. The highest BCUT2D eigenvalue weighted by molar-refractivity contribution is 9.10. The molecule has 0 saturated heterocycles. The molecule has 0 aromatic heterocycles. The lowest BCUT2D eigenvalue weighted by Gasteiger charge is -2.12. The fourth-order valence-corrected chi connectivity index (χ4v) is 2.39. The van der Waals surface area contributed by atoms with Crippen molar-refractivity contribution in [1.29, 1.82) is 0 Å². The van der Waals surface area contributed by atoms with Crippen molar-refractivity contribution >= 4 is 45.3 Å². The standard InChI is InChI=1S/C18H14BrFN2O5/c1-11(18(24)21-14-3-2-4-15(10-14)22(25)26)27-17(23)8-5-12-9-13(19)6-7-16(12)20/h2-11H,1H3,(H,21,24)/b8-5+. The Morgan fingerprint density at radius 3 is 2.74 bits per heavy atom. The molecule has 0 heterocycles. The van der Waals surface area contributed by atoms with Crippen molar-refractivity contribution in [3.05, 3.63) is 74.5 Å². The summed E-state index contributed by atoms with van der Waals surface area (Å²) in [7, 11) is 0. The van der Waals surface area contributed by atoms with Gasteiger partial charge >= 0.3 is 5.97 Å². The van der Waals surface area contributed by atoms with Crippen LogP contribution in [0.15, 0.2) is 53.0 Å². The van der Waals surface area contributed by atoms with E-state index < -0.39 is 28.7 Å². The zero-order chi connectivity index (χ0) is 20.0. The number of halogens is 2. The lowest BCUT2D eigenvalue weighted by Crippen LogP contribution is -2.29. The first-order valence-electron chi connectivity index (χ1n) is 7.65. The zero-order valence-electron chi connectivity index (χ0n) is 14.0. The number of hydrogen-bond acceptors (Lipinski definition) is 5. The van der Waals surface area contributed by atoms with Crippen LogP contribution in [0.2, 0.25) is 0 Å². The van der Waals surface area contributed by atoms with Gasteiger partial charge in [0.25, 0.3) is 11.6 Å². The molecule has 0 aliphatic carbocycles. The molecule has 2 aromatic rings. The van der Waals surface area contributed by atoms with Crippen LogP contribution < -0.4 is 5.32 Å². The van der Waals surface area contributed by atoms with Gasteiger partial charge in [0.05, 0.1) is 4.92 Å². The number of rotatable bonds is 6. The highest BCUT2D eigenvalue weighted by Gasteiger charge is 2.17. The van der Waals surface area contributed by atoms with Gasteiger partial charge in [0.1, 0.15) is 5.82 Å². The van der Waals surface area contributed by atoms with E-state index in [0.717, 1.165) is 6.08 Å². The minimum Gasteiger partial charge on any atom is -0.449 e. The summed E-state index contributed by atoms with van der Waals surface area (Å²) in [4.78, 5) is 34.0. The number of hydrogen-bond donors (Lipinski definition) is 1. The summed E-state index contributed by atoms with van der Waals surface area (Å²) in [6.07, 6.45) is 1.07. The first-order chi connectivity index (χ1) is 12.8. The van der Waals surface area contributed by atoms with Crippen LogP contribution in [0.25, 0.3) is 6.08 Å². The van der Waals surface area contributed by atoms with E-state index in [-0.39, 0.29) is 16.9 Å². The number of benzene rings is 2. The number of nitro benzene ring substituents is 1. The number of carbonyl (C=O) groups excluding carboxylic acids is 2. The third-order valence-corrected chi connectivity index (χ3v) is 3.84. The van der Waals surface area contributed by atoms with E-state index in [0.29, 0.717) is 4.47 Å².